The number of benzene rings is 1. The van der Waals surface area contributed by atoms with Crippen molar-refractivity contribution in [1.29, 1.82) is 0 Å². The molecule has 0 aromatic heterocycles. The fourth-order valence-corrected chi connectivity index (χ4v) is 1.87. The number of carbonyl (C=O) groups excluding carboxylic acids is 1. The second-order valence-electron chi connectivity index (χ2n) is 5.66. The molecule has 0 aliphatic rings. The fraction of sp³-hybridized carbons (Fsp3) is 0.529. The highest BCUT2D eigenvalue weighted by Gasteiger charge is 2.04. The maximum absolute atomic E-state index is 11.9. The third-order valence-corrected chi connectivity index (χ3v) is 3.30. The van der Waals surface area contributed by atoms with E-state index < -0.39 is 0 Å². The van der Waals surface area contributed by atoms with Crippen LogP contribution in [0.3, 0.4) is 0 Å². The van der Waals surface area contributed by atoms with Crippen molar-refractivity contribution in [3.8, 4) is 5.75 Å². The average Bonchev–Trinajstić information content (AvgIpc) is 2.56. The molecule has 1 rings (SSSR count). The summed E-state index contributed by atoms with van der Waals surface area (Å²) in [5, 5.41) is 9.06. The SMILES string of the molecule is CN=C(NCCC(C)C)NCC(=O)NCc1ccc(OC)cc1.I. The van der Waals surface area contributed by atoms with Gasteiger partial charge in [-0.2, -0.15) is 0 Å². The zero-order chi connectivity index (χ0) is 17.1. The molecule has 0 aliphatic carbocycles. The lowest BCUT2D eigenvalue weighted by Crippen LogP contribution is -2.43. The Labute approximate surface area is 161 Å². The van der Waals surface area contributed by atoms with Gasteiger partial charge in [-0.15, -0.1) is 24.0 Å². The molecular weight excluding hydrogens is 419 g/mol. The van der Waals surface area contributed by atoms with Gasteiger partial charge in [0, 0.05) is 20.1 Å². The molecule has 0 spiro atoms. The molecule has 24 heavy (non-hydrogen) atoms. The second kappa shape index (κ2) is 12.9. The van der Waals surface area contributed by atoms with Gasteiger partial charge < -0.3 is 20.7 Å². The first-order chi connectivity index (χ1) is 11.0. The normalized spacial score (nSPS) is 10.8. The van der Waals surface area contributed by atoms with E-state index >= 15 is 0 Å². The predicted octanol–water partition coefficient (Wildman–Crippen LogP) is 2.14. The lowest BCUT2D eigenvalue weighted by Gasteiger charge is -2.13. The highest BCUT2D eigenvalue weighted by Crippen LogP contribution is 2.10. The zero-order valence-electron chi connectivity index (χ0n) is 14.9. The van der Waals surface area contributed by atoms with Gasteiger partial charge in [0.1, 0.15) is 5.75 Å². The number of hydrogen-bond donors (Lipinski definition) is 3. The minimum atomic E-state index is -0.0763. The van der Waals surface area contributed by atoms with E-state index in [1.54, 1.807) is 14.2 Å². The second-order valence-corrected chi connectivity index (χ2v) is 5.66. The van der Waals surface area contributed by atoms with Crippen LogP contribution in [0.5, 0.6) is 5.75 Å². The number of amides is 1. The maximum Gasteiger partial charge on any atom is 0.239 e. The summed E-state index contributed by atoms with van der Waals surface area (Å²) in [6, 6.07) is 7.61. The molecule has 1 aromatic carbocycles. The molecule has 3 N–H and O–H groups in total. The summed E-state index contributed by atoms with van der Waals surface area (Å²) in [5.74, 6) is 2.00. The van der Waals surface area contributed by atoms with Crippen LogP contribution in [0.25, 0.3) is 0 Å². The van der Waals surface area contributed by atoms with Crippen LogP contribution in [0.2, 0.25) is 0 Å². The average molecular weight is 448 g/mol. The number of methoxy groups -OCH3 is 1. The first-order valence-electron chi connectivity index (χ1n) is 7.89. The number of halogens is 1. The number of rotatable bonds is 8. The van der Waals surface area contributed by atoms with Gasteiger partial charge in [0.05, 0.1) is 13.7 Å². The van der Waals surface area contributed by atoms with Crippen LogP contribution in [-0.4, -0.2) is 39.1 Å². The Kier molecular flexibility index (Phi) is 12.0. The molecule has 0 heterocycles. The smallest absolute Gasteiger partial charge is 0.239 e. The van der Waals surface area contributed by atoms with Crippen molar-refractivity contribution in [2.24, 2.45) is 10.9 Å². The van der Waals surface area contributed by atoms with Gasteiger partial charge in [-0.1, -0.05) is 26.0 Å². The monoisotopic (exact) mass is 448 g/mol. The van der Waals surface area contributed by atoms with Crippen LogP contribution in [0.15, 0.2) is 29.3 Å². The molecule has 0 radical (unpaired) electrons. The Morgan fingerprint density at radius 1 is 1.17 bits per heavy atom. The van der Waals surface area contributed by atoms with Crippen LogP contribution in [0, 0.1) is 5.92 Å². The standard InChI is InChI=1S/C17H28N4O2.HI/c1-13(2)9-10-19-17(18-3)21-12-16(22)20-11-14-5-7-15(23-4)8-6-14;/h5-8,13H,9-12H2,1-4H3,(H,20,22)(H2,18,19,21);1H. The first-order valence-corrected chi connectivity index (χ1v) is 7.89. The van der Waals surface area contributed by atoms with E-state index in [4.69, 9.17) is 4.74 Å². The third-order valence-electron chi connectivity index (χ3n) is 3.30. The number of carbonyl (C=O) groups is 1. The minimum absolute atomic E-state index is 0. The molecular formula is C17H29IN4O2. The van der Waals surface area contributed by atoms with Crippen molar-refractivity contribution < 1.29 is 9.53 Å². The molecule has 0 unspecified atom stereocenters. The van der Waals surface area contributed by atoms with Crippen LogP contribution in [-0.2, 0) is 11.3 Å². The Hall–Kier alpha value is -1.51. The maximum atomic E-state index is 11.9. The minimum Gasteiger partial charge on any atom is -0.497 e. The van der Waals surface area contributed by atoms with E-state index in [1.807, 2.05) is 24.3 Å². The summed E-state index contributed by atoms with van der Waals surface area (Å²) in [4.78, 5) is 16.0. The molecule has 0 aliphatic heterocycles. The largest absolute Gasteiger partial charge is 0.497 e. The molecule has 136 valence electrons. The molecule has 7 heteroatoms. The van der Waals surface area contributed by atoms with Crippen molar-refractivity contribution in [3.05, 3.63) is 29.8 Å². The van der Waals surface area contributed by atoms with Crippen LogP contribution in [0.4, 0.5) is 0 Å². The Morgan fingerprint density at radius 2 is 1.83 bits per heavy atom. The van der Waals surface area contributed by atoms with E-state index in [1.165, 1.54) is 0 Å². The van der Waals surface area contributed by atoms with Gasteiger partial charge in [-0.05, 0) is 30.0 Å². The summed E-state index contributed by atoms with van der Waals surface area (Å²) in [6.45, 7) is 5.86. The molecule has 0 atom stereocenters. The van der Waals surface area contributed by atoms with E-state index in [9.17, 15) is 4.79 Å². The highest BCUT2D eigenvalue weighted by molar-refractivity contribution is 14.0. The Balaban J connectivity index is 0.00000529. The van der Waals surface area contributed by atoms with E-state index in [2.05, 4.69) is 34.8 Å². The number of hydrogen-bond acceptors (Lipinski definition) is 3. The fourth-order valence-electron chi connectivity index (χ4n) is 1.87. The van der Waals surface area contributed by atoms with Crippen molar-refractivity contribution in [2.45, 2.75) is 26.8 Å². The molecule has 0 bridgehead atoms. The number of guanidine groups is 1. The van der Waals surface area contributed by atoms with Crippen molar-refractivity contribution >= 4 is 35.8 Å². The summed E-state index contributed by atoms with van der Waals surface area (Å²) < 4.78 is 5.10. The van der Waals surface area contributed by atoms with Crippen LogP contribution < -0.4 is 20.7 Å². The molecule has 0 fully saturated rings. The van der Waals surface area contributed by atoms with Crippen molar-refractivity contribution in [1.82, 2.24) is 16.0 Å². The summed E-state index contributed by atoms with van der Waals surface area (Å²) in [7, 11) is 3.32. The molecule has 0 saturated heterocycles. The lowest BCUT2D eigenvalue weighted by atomic mass is 10.1. The Bertz CT molecular complexity index is 504. The lowest BCUT2D eigenvalue weighted by molar-refractivity contribution is -0.120. The van der Waals surface area contributed by atoms with Crippen LogP contribution >= 0.6 is 24.0 Å². The van der Waals surface area contributed by atoms with Gasteiger partial charge in [-0.25, -0.2) is 0 Å². The van der Waals surface area contributed by atoms with Gasteiger partial charge >= 0.3 is 0 Å². The van der Waals surface area contributed by atoms with E-state index in [0.717, 1.165) is 24.3 Å². The van der Waals surface area contributed by atoms with Gasteiger partial charge in [-0.3, -0.25) is 9.79 Å². The van der Waals surface area contributed by atoms with E-state index in [0.29, 0.717) is 18.4 Å². The zero-order valence-corrected chi connectivity index (χ0v) is 17.2. The number of aliphatic imine (C=N–C) groups is 1. The quantitative estimate of drug-likeness (QED) is 0.324. The highest BCUT2D eigenvalue weighted by atomic mass is 127. The number of nitrogens with one attached hydrogen (secondary N) is 3. The van der Waals surface area contributed by atoms with Gasteiger partial charge in [0.25, 0.3) is 0 Å². The topological polar surface area (TPSA) is 74.8 Å². The molecule has 6 nitrogen and oxygen atoms in total. The van der Waals surface area contributed by atoms with Crippen molar-refractivity contribution in [2.75, 3.05) is 27.2 Å². The first kappa shape index (κ1) is 22.5. The molecule has 1 amide bonds. The summed E-state index contributed by atoms with van der Waals surface area (Å²) in [6.07, 6.45) is 1.06. The summed E-state index contributed by atoms with van der Waals surface area (Å²) in [5.41, 5.74) is 1.03. The van der Waals surface area contributed by atoms with E-state index in [-0.39, 0.29) is 36.4 Å². The number of nitrogens with zero attached hydrogens (tertiary/aromatic N) is 1. The predicted molar refractivity (Wildman–Crippen MR) is 109 cm³/mol. The van der Waals surface area contributed by atoms with Crippen LogP contribution in [0.1, 0.15) is 25.8 Å². The molecule has 0 saturated carbocycles. The number of ether oxygens (including phenoxy) is 1. The molecule has 1 aromatic rings. The Morgan fingerprint density at radius 3 is 2.38 bits per heavy atom. The summed E-state index contributed by atoms with van der Waals surface area (Å²) >= 11 is 0. The van der Waals surface area contributed by atoms with Gasteiger partial charge in [0.15, 0.2) is 5.96 Å². The van der Waals surface area contributed by atoms with Crippen molar-refractivity contribution in [3.63, 3.8) is 0 Å². The van der Waals surface area contributed by atoms with Gasteiger partial charge in [0.2, 0.25) is 5.91 Å². The third kappa shape index (κ3) is 9.59.